The molecule has 7 heteroatoms. The van der Waals surface area contributed by atoms with Crippen LogP contribution in [0.1, 0.15) is 53.1 Å². The lowest BCUT2D eigenvalue weighted by Gasteiger charge is -2.23. The van der Waals surface area contributed by atoms with Crippen LogP contribution in [-0.4, -0.2) is 21.8 Å². The Bertz CT molecular complexity index is 1210. The van der Waals surface area contributed by atoms with Gasteiger partial charge in [-0.25, -0.2) is 9.37 Å². The zero-order valence-corrected chi connectivity index (χ0v) is 19.0. The molecule has 1 unspecified atom stereocenters. The molecular weight excluding hydrogens is 427 g/mol. The summed E-state index contributed by atoms with van der Waals surface area (Å²) in [5, 5.41) is 11.4. The fourth-order valence-electron chi connectivity index (χ4n) is 3.73. The lowest BCUT2D eigenvalue weighted by atomic mass is 9.93. The van der Waals surface area contributed by atoms with Crippen molar-refractivity contribution in [2.45, 2.75) is 39.7 Å². The van der Waals surface area contributed by atoms with Crippen LogP contribution in [0.5, 0.6) is 0 Å². The van der Waals surface area contributed by atoms with Crippen molar-refractivity contribution in [3.63, 3.8) is 0 Å². The summed E-state index contributed by atoms with van der Waals surface area (Å²) in [5.74, 6) is -2.03. The van der Waals surface area contributed by atoms with Crippen molar-refractivity contribution in [3.8, 4) is 0 Å². The van der Waals surface area contributed by atoms with Gasteiger partial charge < -0.3 is 5.11 Å². The third-order valence-electron chi connectivity index (χ3n) is 5.70. The molecule has 3 aromatic rings. The first-order chi connectivity index (χ1) is 15.2. The number of carbonyl (C=O) groups excluding carboxylic acids is 2. The average molecular weight is 451 g/mol. The predicted octanol–water partition coefficient (Wildman–Crippen LogP) is 5.65. The zero-order chi connectivity index (χ0) is 23.2. The third kappa shape index (κ3) is 3.73. The predicted molar refractivity (Wildman–Crippen MR) is 123 cm³/mol. The highest BCUT2D eigenvalue weighted by atomic mass is 32.1. The summed E-state index contributed by atoms with van der Waals surface area (Å²) in [5.41, 5.74) is 2.80. The lowest BCUT2D eigenvalue weighted by molar-refractivity contribution is -0.132. The summed E-state index contributed by atoms with van der Waals surface area (Å²) in [6.07, 6.45) is 0. The molecule has 0 saturated carbocycles. The quantitative estimate of drug-likeness (QED) is 0.317. The molecule has 2 aromatic carbocycles. The summed E-state index contributed by atoms with van der Waals surface area (Å²) in [4.78, 5) is 33.0. The number of carbonyl (C=O) groups is 2. The van der Waals surface area contributed by atoms with E-state index >= 15 is 0 Å². The Morgan fingerprint density at radius 3 is 2.22 bits per heavy atom. The SMILES string of the molecule is Cc1nc(N2C(=O)C(=O)/C(=C(/O)c3ccc(F)cc3)C2c2ccc(C(C)C)cc2)sc1C. The van der Waals surface area contributed by atoms with E-state index in [-0.39, 0.29) is 16.9 Å². The highest BCUT2D eigenvalue weighted by Gasteiger charge is 2.48. The molecule has 4 rings (SSSR count). The molecule has 164 valence electrons. The molecule has 1 aliphatic heterocycles. The summed E-state index contributed by atoms with van der Waals surface area (Å²) >= 11 is 1.32. The van der Waals surface area contributed by atoms with Crippen LogP contribution in [0.2, 0.25) is 0 Å². The van der Waals surface area contributed by atoms with Crippen molar-refractivity contribution in [1.29, 1.82) is 0 Å². The highest BCUT2D eigenvalue weighted by Crippen LogP contribution is 2.43. The zero-order valence-electron chi connectivity index (χ0n) is 18.2. The van der Waals surface area contributed by atoms with Crippen molar-refractivity contribution >= 4 is 33.9 Å². The molecule has 1 saturated heterocycles. The Kier molecular flexibility index (Phi) is 5.69. The molecule has 32 heavy (non-hydrogen) atoms. The van der Waals surface area contributed by atoms with Crippen LogP contribution in [0.15, 0.2) is 54.1 Å². The number of Topliss-reactive ketones (excluding diaryl/α,β-unsaturated/α-hetero) is 1. The molecule has 0 radical (unpaired) electrons. The Morgan fingerprint density at radius 2 is 1.69 bits per heavy atom. The first-order valence-corrected chi connectivity index (χ1v) is 11.1. The van der Waals surface area contributed by atoms with Crippen molar-refractivity contribution in [2.24, 2.45) is 0 Å². The second-order valence-corrected chi connectivity index (χ2v) is 9.32. The van der Waals surface area contributed by atoms with E-state index in [9.17, 15) is 19.1 Å². The van der Waals surface area contributed by atoms with Crippen molar-refractivity contribution in [2.75, 3.05) is 4.90 Å². The standard InChI is InChI=1S/C25H23FN2O3S/c1-13(2)16-5-7-17(8-6-16)21-20(22(29)18-9-11-19(26)12-10-18)23(30)24(31)28(21)25-27-14(3)15(4)32-25/h5-13,21,29H,1-4H3/b22-20+. The molecule has 1 amide bonds. The maximum absolute atomic E-state index is 13.4. The molecule has 1 N–H and O–H groups in total. The van der Waals surface area contributed by atoms with Crippen molar-refractivity contribution in [1.82, 2.24) is 4.98 Å². The van der Waals surface area contributed by atoms with E-state index in [2.05, 4.69) is 18.8 Å². The van der Waals surface area contributed by atoms with Gasteiger partial charge in [0.15, 0.2) is 5.13 Å². The second-order valence-electron chi connectivity index (χ2n) is 8.14. The number of hydrogen-bond donors (Lipinski definition) is 1. The number of ketones is 1. The van der Waals surface area contributed by atoms with Gasteiger partial charge in [-0.2, -0.15) is 0 Å². The van der Waals surface area contributed by atoms with Gasteiger partial charge >= 0.3 is 5.91 Å². The fourth-order valence-corrected chi connectivity index (χ4v) is 4.67. The van der Waals surface area contributed by atoms with Crippen LogP contribution in [0, 0.1) is 19.7 Å². The van der Waals surface area contributed by atoms with Gasteiger partial charge in [0.25, 0.3) is 5.78 Å². The Morgan fingerprint density at radius 1 is 1.06 bits per heavy atom. The Labute approximate surface area is 189 Å². The molecule has 0 bridgehead atoms. The maximum atomic E-state index is 13.4. The maximum Gasteiger partial charge on any atom is 0.301 e. The number of amides is 1. The van der Waals surface area contributed by atoms with Gasteiger partial charge in [0.1, 0.15) is 11.6 Å². The van der Waals surface area contributed by atoms with Crippen LogP contribution in [-0.2, 0) is 9.59 Å². The number of nitrogens with zero attached hydrogens (tertiary/aromatic N) is 2. The van der Waals surface area contributed by atoms with Gasteiger partial charge in [-0.1, -0.05) is 38.1 Å². The largest absolute Gasteiger partial charge is 0.507 e. The first-order valence-electron chi connectivity index (χ1n) is 10.3. The van der Waals surface area contributed by atoms with Crippen LogP contribution in [0.25, 0.3) is 5.76 Å². The van der Waals surface area contributed by atoms with E-state index in [0.29, 0.717) is 16.6 Å². The molecule has 5 nitrogen and oxygen atoms in total. The number of rotatable bonds is 4. The van der Waals surface area contributed by atoms with Gasteiger partial charge in [-0.3, -0.25) is 14.5 Å². The van der Waals surface area contributed by atoms with E-state index < -0.39 is 23.5 Å². The number of halogens is 1. The number of benzene rings is 2. The van der Waals surface area contributed by atoms with E-state index in [1.165, 1.54) is 40.5 Å². The van der Waals surface area contributed by atoms with Crippen LogP contribution in [0.4, 0.5) is 9.52 Å². The van der Waals surface area contributed by atoms with Crippen LogP contribution in [0.3, 0.4) is 0 Å². The topological polar surface area (TPSA) is 70.5 Å². The first kappa shape index (κ1) is 21.9. The molecule has 1 aliphatic rings. The molecule has 0 spiro atoms. The van der Waals surface area contributed by atoms with Crippen LogP contribution >= 0.6 is 11.3 Å². The molecular formula is C25H23FN2O3S. The summed E-state index contributed by atoms with van der Waals surface area (Å²) in [6.45, 7) is 7.91. The molecule has 2 heterocycles. The van der Waals surface area contributed by atoms with Gasteiger partial charge in [0.05, 0.1) is 17.3 Å². The molecule has 0 aliphatic carbocycles. The third-order valence-corrected chi connectivity index (χ3v) is 6.78. The number of aliphatic hydroxyl groups is 1. The highest BCUT2D eigenvalue weighted by molar-refractivity contribution is 7.16. The van der Waals surface area contributed by atoms with E-state index in [0.717, 1.165) is 16.1 Å². The summed E-state index contributed by atoms with van der Waals surface area (Å²) in [7, 11) is 0. The monoisotopic (exact) mass is 450 g/mol. The summed E-state index contributed by atoms with van der Waals surface area (Å²) in [6, 6.07) is 12.0. The number of anilines is 1. The normalized spacial score (nSPS) is 18.1. The van der Waals surface area contributed by atoms with E-state index in [4.69, 9.17) is 0 Å². The fraction of sp³-hybridized carbons (Fsp3) is 0.240. The van der Waals surface area contributed by atoms with Gasteiger partial charge in [-0.05, 0) is 55.2 Å². The van der Waals surface area contributed by atoms with Gasteiger partial charge in [0.2, 0.25) is 0 Å². The number of hydrogen-bond acceptors (Lipinski definition) is 5. The lowest BCUT2D eigenvalue weighted by Crippen LogP contribution is -2.29. The number of aryl methyl sites for hydroxylation is 2. The van der Waals surface area contributed by atoms with Crippen molar-refractivity contribution in [3.05, 3.63) is 87.2 Å². The minimum Gasteiger partial charge on any atom is -0.507 e. The average Bonchev–Trinajstić information content (AvgIpc) is 3.23. The summed E-state index contributed by atoms with van der Waals surface area (Å²) < 4.78 is 13.4. The molecule has 1 aromatic heterocycles. The Hall–Kier alpha value is -3.32. The second kappa shape index (κ2) is 8.31. The number of aromatic nitrogens is 1. The molecule has 1 atom stereocenters. The minimum atomic E-state index is -0.841. The van der Waals surface area contributed by atoms with Gasteiger partial charge in [-0.15, -0.1) is 11.3 Å². The van der Waals surface area contributed by atoms with E-state index in [1.807, 2.05) is 38.1 Å². The molecule has 1 fully saturated rings. The smallest absolute Gasteiger partial charge is 0.301 e. The van der Waals surface area contributed by atoms with Crippen LogP contribution < -0.4 is 4.90 Å². The Balaban J connectivity index is 1.92. The number of aliphatic hydroxyl groups excluding tert-OH is 1. The van der Waals surface area contributed by atoms with Crippen molar-refractivity contribution < 1.29 is 19.1 Å². The van der Waals surface area contributed by atoms with Gasteiger partial charge in [0, 0.05) is 10.4 Å². The minimum absolute atomic E-state index is 0.0376. The number of thiazole rings is 1. The van der Waals surface area contributed by atoms with E-state index in [1.54, 1.807) is 0 Å².